The number of halogens is 1. The molecule has 0 fully saturated rings. The number of nitrogens with one attached hydrogen (secondary N) is 1. The number of hydrogen-bond acceptors (Lipinski definition) is 3. The van der Waals surface area contributed by atoms with E-state index in [1.807, 2.05) is 0 Å². The van der Waals surface area contributed by atoms with Gasteiger partial charge in [0.2, 0.25) is 0 Å². The van der Waals surface area contributed by atoms with Gasteiger partial charge in [0, 0.05) is 5.56 Å². The Hall–Kier alpha value is -2.40. The maximum Gasteiger partial charge on any atom is 0.274 e. The van der Waals surface area contributed by atoms with Crippen molar-refractivity contribution < 1.29 is 18.8 Å². The van der Waals surface area contributed by atoms with Crippen LogP contribution in [0.4, 0.5) is 4.39 Å². The smallest absolute Gasteiger partial charge is 0.274 e. The molecule has 0 unspecified atom stereocenters. The first-order valence-corrected chi connectivity index (χ1v) is 5.99. The normalized spacial score (nSPS) is 10.1. The van der Waals surface area contributed by atoms with Gasteiger partial charge in [-0.2, -0.15) is 0 Å². The molecule has 2 aromatic rings. The molecule has 4 nitrogen and oxygen atoms in total. The van der Waals surface area contributed by atoms with Crippen LogP contribution in [-0.4, -0.2) is 13.0 Å². The monoisotopic (exact) mass is 275 g/mol. The van der Waals surface area contributed by atoms with Crippen LogP contribution in [-0.2, 0) is 11.4 Å². The fourth-order valence-corrected chi connectivity index (χ4v) is 1.63. The highest BCUT2D eigenvalue weighted by molar-refractivity contribution is 5.93. The molecular weight excluding hydrogens is 261 g/mol. The van der Waals surface area contributed by atoms with Crippen LogP contribution in [0.25, 0.3) is 0 Å². The van der Waals surface area contributed by atoms with E-state index in [4.69, 9.17) is 4.74 Å². The molecule has 0 bridgehead atoms. The molecule has 0 aliphatic rings. The molecule has 20 heavy (non-hydrogen) atoms. The molecule has 0 saturated heterocycles. The van der Waals surface area contributed by atoms with Crippen LogP contribution in [0.5, 0.6) is 5.75 Å². The van der Waals surface area contributed by atoms with Gasteiger partial charge in [-0.3, -0.25) is 9.63 Å². The van der Waals surface area contributed by atoms with Crippen LogP contribution >= 0.6 is 0 Å². The molecule has 0 aliphatic carbocycles. The van der Waals surface area contributed by atoms with Gasteiger partial charge in [0.15, 0.2) is 0 Å². The highest BCUT2D eigenvalue weighted by atomic mass is 19.1. The molecule has 5 heteroatoms. The van der Waals surface area contributed by atoms with Gasteiger partial charge in [-0.25, -0.2) is 9.87 Å². The Bertz CT molecular complexity index is 584. The Morgan fingerprint density at radius 3 is 2.65 bits per heavy atom. The van der Waals surface area contributed by atoms with Gasteiger partial charge in [0.25, 0.3) is 5.91 Å². The van der Waals surface area contributed by atoms with Crippen LogP contribution in [0.15, 0.2) is 48.5 Å². The number of hydroxylamine groups is 1. The van der Waals surface area contributed by atoms with Crippen LogP contribution < -0.4 is 10.2 Å². The Kier molecular flexibility index (Phi) is 4.68. The van der Waals surface area contributed by atoms with Crippen molar-refractivity contribution in [1.29, 1.82) is 0 Å². The fraction of sp³-hybridized carbons (Fsp3) is 0.133. The lowest BCUT2D eigenvalue weighted by molar-refractivity contribution is 0.0537. The van der Waals surface area contributed by atoms with E-state index in [2.05, 4.69) is 10.3 Å². The number of amides is 1. The first-order valence-electron chi connectivity index (χ1n) is 5.99. The van der Waals surface area contributed by atoms with Gasteiger partial charge in [-0.15, -0.1) is 0 Å². The molecule has 0 heterocycles. The molecule has 0 radical (unpaired) electrons. The second kappa shape index (κ2) is 6.68. The summed E-state index contributed by atoms with van der Waals surface area (Å²) in [4.78, 5) is 16.1. The van der Waals surface area contributed by atoms with Crippen molar-refractivity contribution >= 4 is 5.91 Å². The zero-order valence-corrected chi connectivity index (χ0v) is 10.9. The van der Waals surface area contributed by atoms with E-state index in [1.54, 1.807) is 36.4 Å². The highest BCUT2D eigenvalue weighted by Crippen LogP contribution is 2.15. The SMILES string of the molecule is CONC(=O)c1cccc(OCc2ccc(F)cc2)c1. The zero-order chi connectivity index (χ0) is 14.4. The number of rotatable bonds is 5. The first-order chi connectivity index (χ1) is 9.69. The second-order valence-corrected chi connectivity index (χ2v) is 4.08. The standard InChI is InChI=1S/C15H14FNO3/c1-19-17-15(18)12-3-2-4-14(9-12)20-10-11-5-7-13(16)8-6-11/h2-9H,10H2,1H3,(H,17,18). The van der Waals surface area contributed by atoms with Crippen molar-refractivity contribution in [2.24, 2.45) is 0 Å². The predicted molar refractivity (Wildman–Crippen MR) is 71.6 cm³/mol. The van der Waals surface area contributed by atoms with Crippen LogP contribution in [0.3, 0.4) is 0 Å². The molecule has 2 aromatic carbocycles. The van der Waals surface area contributed by atoms with Crippen molar-refractivity contribution in [3.8, 4) is 5.75 Å². The van der Waals surface area contributed by atoms with Crippen molar-refractivity contribution in [3.05, 3.63) is 65.5 Å². The zero-order valence-electron chi connectivity index (χ0n) is 10.9. The van der Waals surface area contributed by atoms with E-state index in [-0.39, 0.29) is 11.7 Å². The largest absolute Gasteiger partial charge is 0.489 e. The van der Waals surface area contributed by atoms with Gasteiger partial charge in [-0.05, 0) is 35.9 Å². The third-order valence-electron chi connectivity index (χ3n) is 2.61. The van der Waals surface area contributed by atoms with Crippen LogP contribution in [0.1, 0.15) is 15.9 Å². The van der Waals surface area contributed by atoms with Crippen LogP contribution in [0, 0.1) is 5.82 Å². The van der Waals surface area contributed by atoms with E-state index >= 15 is 0 Å². The molecule has 0 atom stereocenters. The van der Waals surface area contributed by atoms with Crippen molar-refractivity contribution in [2.45, 2.75) is 6.61 Å². The lowest BCUT2D eigenvalue weighted by Gasteiger charge is -2.08. The number of benzene rings is 2. The van der Waals surface area contributed by atoms with Crippen molar-refractivity contribution in [1.82, 2.24) is 5.48 Å². The molecule has 104 valence electrons. The van der Waals surface area contributed by atoms with Gasteiger partial charge in [-0.1, -0.05) is 18.2 Å². The topological polar surface area (TPSA) is 47.6 Å². The third-order valence-corrected chi connectivity index (χ3v) is 2.61. The summed E-state index contributed by atoms with van der Waals surface area (Å²) in [6.07, 6.45) is 0. The van der Waals surface area contributed by atoms with E-state index in [0.29, 0.717) is 17.9 Å². The lowest BCUT2D eigenvalue weighted by Crippen LogP contribution is -2.21. The molecule has 0 saturated carbocycles. The Balaban J connectivity index is 2.01. The average molecular weight is 275 g/mol. The molecule has 0 aliphatic heterocycles. The van der Waals surface area contributed by atoms with Gasteiger partial charge in [0.05, 0.1) is 7.11 Å². The summed E-state index contributed by atoms with van der Waals surface area (Å²) in [5, 5.41) is 0. The first kappa shape index (κ1) is 14.0. The minimum Gasteiger partial charge on any atom is -0.489 e. The number of ether oxygens (including phenoxy) is 1. The van der Waals surface area contributed by atoms with Crippen LogP contribution in [0.2, 0.25) is 0 Å². The summed E-state index contributed by atoms with van der Waals surface area (Å²) in [6, 6.07) is 12.8. The second-order valence-electron chi connectivity index (χ2n) is 4.08. The summed E-state index contributed by atoms with van der Waals surface area (Å²) >= 11 is 0. The molecular formula is C15H14FNO3. The average Bonchev–Trinajstić information content (AvgIpc) is 2.47. The summed E-state index contributed by atoms with van der Waals surface area (Å²) in [7, 11) is 1.37. The number of carbonyl (C=O) groups excluding carboxylic acids is 1. The minimum atomic E-state index is -0.347. The predicted octanol–water partition coefficient (Wildman–Crippen LogP) is 2.70. The fourth-order valence-electron chi connectivity index (χ4n) is 1.63. The quantitative estimate of drug-likeness (QED) is 0.853. The summed E-state index contributed by atoms with van der Waals surface area (Å²) in [5.74, 6) is -0.0789. The van der Waals surface area contributed by atoms with Gasteiger partial charge >= 0.3 is 0 Å². The maximum absolute atomic E-state index is 12.8. The minimum absolute atomic E-state index is 0.285. The van der Waals surface area contributed by atoms with Gasteiger partial charge < -0.3 is 4.74 Å². The third kappa shape index (κ3) is 3.80. The Morgan fingerprint density at radius 2 is 1.95 bits per heavy atom. The molecule has 0 aromatic heterocycles. The number of hydrogen-bond donors (Lipinski definition) is 1. The van der Waals surface area contributed by atoms with Gasteiger partial charge in [0.1, 0.15) is 18.2 Å². The molecule has 1 N–H and O–H groups in total. The lowest BCUT2D eigenvalue weighted by atomic mass is 10.2. The van der Waals surface area contributed by atoms with Crippen molar-refractivity contribution in [3.63, 3.8) is 0 Å². The Labute approximate surface area is 116 Å². The summed E-state index contributed by atoms with van der Waals surface area (Å²) < 4.78 is 18.3. The number of carbonyl (C=O) groups is 1. The Morgan fingerprint density at radius 1 is 1.20 bits per heavy atom. The molecule has 0 spiro atoms. The molecule has 2 rings (SSSR count). The summed E-state index contributed by atoms with van der Waals surface area (Å²) in [6.45, 7) is 0.301. The maximum atomic E-state index is 12.8. The van der Waals surface area contributed by atoms with Crippen molar-refractivity contribution in [2.75, 3.05) is 7.11 Å². The van der Waals surface area contributed by atoms with E-state index in [9.17, 15) is 9.18 Å². The van der Waals surface area contributed by atoms with E-state index < -0.39 is 0 Å². The molecule has 1 amide bonds. The highest BCUT2D eigenvalue weighted by Gasteiger charge is 2.06. The summed E-state index contributed by atoms with van der Waals surface area (Å²) in [5.41, 5.74) is 3.51. The van der Waals surface area contributed by atoms with E-state index in [0.717, 1.165) is 5.56 Å². The van der Waals surface area contributed by atoms with E-state index in [1.165, 1.54) is 19.2 Å².